The first kappa shape index (κ1) is 18.3. The maximum absolute atomic E-state index is 12.9. The van der Waals surface area contributed by atoms with Crippen molar-refractivity contribution in [2.75, 3.05) is 13.7 Å². The largest absolute Gasteiger partial charge is 0.497 e. The molecule has 0 heterocycles. The van der Waals surface area contributed by atoms with E-state index in [2.05, 4.69) is 5.32 Å². The number of carbonyl (C=O) groups is 1. The highest BCUT2D eigenvalue weighted by Gasteiger charge is 2.12. The monoisotopic (exact) mass is 347 g/mol. The highest BCUT2D eigenvalue weighted by molar-refractivity contribution is 7.99. The number of thioether (sulfide) groups is 1. The fourth-order valence-corrected chi connectivity index (χ4v) is 3.01. The average molecular weight is 347 g/mol. The number of halogens is 1. The topological polar surface area (TPSA) is 38.3 Å². The van der Waals surface area contributed by atoms with Crippen molar-refractivity contribution < 1.29 is 13.9 Å². The maximum atomic E-state index is 12.9. The zero-order valence-electron chi connectivity index (χ0n) is 13.9. The third kappa shape index (κ3) is 5.89. The highest BCUT2D eigenvalue weighted by atomic mass is 32.2. The molecule has 0 aliphatic heterocycles. The minimum atomic E-state index is -0.243. The summed E-state index contributed by atoms with van der Waals surface area (Å²) < 4.78 is 18.0. The first-order valence-corrected chi connectivity index (χ1v) is 8.90. The lowest BCUT2D eigenvalue weighted by Gasteiger charge is -2.12. The summed E-state index contributed by atoms with van der Waals surface area (Å²) >= 11 is 1.54. The first-order chi connectivity index (χ1) is 11.6. The molecular weight excluding hydrogens is 325 g/mol. The molecule has 0 spiro atoms. The van der Waals surface area contributed by atoms with E-state index in [1.165, 1.54) is 12.1 Å². The molecule has 0 aromatic heterocycles. The van der Waals surface area contributed by atoms with Crippen LogP contribution in [0.1, 0.15) is 18.1 Å². The van der Waals surface area contributed by atoms with Gasteiger partial charge in [-0.2, -0.15) is 0 Å². The normalized spacial score (nSPS) is 11.8. The van der Waals surface area contributed by atoms with Crippen LogP contribution < -0.4 is 10.1 Å². The smallest absolute Gasteiger partial charge is 0.232 e. The Kier molecular flexibility index (Phi) is 7.12. The van der Waals surface area contributed by atoms with Crippen LogP contribution in [0.4, 0.5) is 4.39 Å². The van der Waals surface area contributed by atoms with Crippen molar-refractivity contribution >= 4 is 17.7 Å². The van der Waals surface area contributed by atoms with Crippen LogP contribution in [0.15, 0.2) is 48.5 Å². The van der Waals surface area contributed by atoms with E-state index in [9.17, 15) is 9.18 Å². The molecule has 0 fully saturated rings. The van der Waals surface area contributed by atoms with Crippen molar-refractivity contribution in [3.05, 3.63) is 65.5 Å². The predicted octanol–water partition coefficient (Wildman–Crippen LogP) is 3.81. The number of hydrogen-bond donors (Lipinski definition) is 1. The standard InChI is InChI=1S/C19H22FNO2S/c1-14(24-13-16-3-7-17(20)8-4-16)19(22)21-12-11-15-5-9-18(23-2)10-6-15/h3-10,14H,11-13H2,1-2H3,(H,21,22). The van der Waals surface area contributed by atoms with Gasteiger partial charge in [0.1, 0.15) is 11.6 Å². The molecule has 3 nitrogen and oxygen atoms in total. The van der Waals surface area contributed by atoms with Gasteiger partial charge in [0.2, 0.25) is 5.91 Å². The van der Waals surface area contributed by atoms with Gasteiger partial charge in [0.25, 0.3) is 0 Å². The molecule has 5 heteroatoms. The Labute approximate surface area is 146 Å². The van der Waals surface area contributed by atoms with Crippen molar-refractivity contribution in [1.82, 2.24) is 5.32 Å². The van der Waals surface area contributed by atoms with Crippen molar-refractivity contribution in [3.8, 4) is 5.75 Å². The molecule has 0 saturated heterocycles. The van der Waals surface area contributed by atoms with Gasteiger partial charge >= 0.3 is 0 Å². The van der Waals surface area contributed by atoms with Crippen LogP contribution in [0, 0.1) is 5.82 Å². The van der Waals surface area contributed by atoms with Crippen LogP contribution in [0.25, 0.3) is 0 Å². The zero-order chi connectivity index (χ0) is 17.4. The van der Waals surface area contributed by atoms with Gasteiger partial charge in [-0.3, -0.25) is 4.79 Å². The molecule has 0 saturated carbocycles. The predicted molar refractivity (Wildman–Crippen MR) is 96.9 cm³/mol. The number of amides is 1. The molecule has 0 bridgehead atoms. The van der Waals surface area contributed by atoms with E-state index in [1.807, 2.05) is 31.2 Å². The summed E-state index contributed by atoms with van der Waals surface area (Å²) in [5, 5.41) is 2.81. The molecule has 128 valence electrons. The minimum absolute atomic E-state index is 0.0237. The number of rotatable bonds is 8. The van der Waals surface area contributed by atoms with Gasteiger partial charge in [0.05, 0.1) is 12.4 Å². The SMILES string of the molecule is COc1ccc(CCNC(=O)C(C)SCc2ccc(F)cc2)cc1. The Hall–Kier alpha value is -2.01. The molecule has 1 unspecified atom stereocenters. The number of ether oxygens (including phenoxy) is 1. The number of methoxy groups -OCH3 is 1. The molecule has 2 aromatic carbocycles. The molecule has 0 aliphatic rings. The molecule has 1 atom stereocenters. The molecule has 1 amide bonds. The molecular formula is C19H22FNO2S. The van der Waals surface area contributed by atoms with Gasteiger partial charge in [0.15, 0.2) is 0 Å². The van der Waals surface area contributed by atoms with Crippen LogP contribution in [-0.2, 0) is 17.0 Å². The first-order valence-electron chi connectivity index (χ1n) is 7.85. The van der Waals surface area contributed by atoms with Crippen molar-refractivity contribution in [1.29, 1.82) is 0 Å². The van der Waals surface area contributed by atoms with E-state index in [1.54, 1.807) is 31.0 Å². The van der Waals surface area contributed by atoms with Crippen LogP contribution in [-0.4, -0.2) is 24.8 Å². The van der Waals surface area contributed by atoms with E-state index in [4.69, 9.17) is 4.74 Å². The number of benzene rings is 2. The van der Waals surface area contributed by atoms with Crippen LogP contribution in [0.5, 0.6) is 5.75 Å². The number of hydrogen-bond acceptors (Lipinski definition) is 3. The summed E-state index contributed by atoms with van der Waals surface area (Å²) in [6.45, 7) is 2.49. The van der Waals surface area contributed by atoms with E-state index in [-0.39, 0.29) is 17.0 Å². The van der Waals surface area contributed by atoms with Gasteiger partial charge in [-0.15, -0.1) is 11.8 Å². The second kappa shape index (κ2) is 9.33. The van der Waals surface area contributed by atoms with Crippen LogP contribution >= 0.6 is 11.8 Å². The summed E-state index contributed by atoms with van der Waals surface area (Å²) in [5.41, 5.74) is 2.17. The van der Waals surface area contributed by atoms with Crippen molar-refractivity contribution in [3.63, 3.8) is 0 Å². The van der Waals surface area contributed by atoms with Crippen molar-refractivity contribution in [2.45, 2.75) is 24.3 Å². The zero-order valence-corrected chi connectivity index (χ0v) is 14.7. The van der Waals surface area contributed by atoms with E-state index >= 15 is 0 Å². The Balaban J connectivity index is 1.69. The summed E-state index contributed by atoms with van der Waals surface area (Å²) in [6.07, 6.45) is 0.783. The third-order valence-corrected chi connectivity index (χ3v) is 4.87. The third-order valence-electron chi connectivity index (χ3n) is 3.65. The number of nitrogens with one attached hydrogen (secondary N) is 1. The summed E-state index contributed by atoms with van der Waals surface area (Å²) in [5.74, 6) is 1.30. The van der Waals surface area contributed by atoms with E-state index < -0.39 is 0 Å². The summed E-state index contributed by atoms with van der Waals surface area (Å²) in [7, 11) is 1.64. The quantitative estimate of drug-likeness (QED) is 0.789. The Morgan fingerprint density at radius 3 is 2.38 bits per heavy atom. The minimum Gasteiger partial charge on any atom is -0.497 e. The van der Waals surface area contributed by atoms with Gasteiger partial charge in [-0.25, -0.2) is 4.39 Å². The van der Waals surface area contributed by atoms with Crippen molar-refractivity contribution in [2.24, 2.45) is 0 Å². The van der Waals surface area contributed by atoms with Crippen LogP contribution in [0.2, 0.25) is 0 Å². The molecule has 1 N–H and O–H groups in total. The Bertz CT molecular complexity index is 643. The molecule has 2 rings (SSSR count). The summed E-state index contributed by atoms with van der Waals surface area (Å²) in [4.78, 5) is 12.1. The van der Waals surface area contributed by atoms with Gasteiger partial charge in [0, 0.05) is 12.3 Å². The van der Waals surface area contributed by atoms with Gasteiger partial charge in [-0.1, -0.05) is 24.3 Å². The maximum Gasteiger partial charge on any atom is 0.232 e. The van der Waals surface area contributed by atoms with Gasteiger partial charge in [-0.05, 0) is 48.7 Å². The molecule has 0 radical (unpaired) electrons. The Morgan fingerprint density at radius 2 is 1.75 bits per heavy atom. The molecule has 0 aliphatic carbocycles. The van der Waals surface area contributed by atoms with Gasteiger partial charge < -0.3 is 10.1 Å². The molecule has 2 aromatic rings. The highest BCUT2D eigenvalue weighted by Crippen LogP contribution is 2.18. The lowest BCUT2D eigenvalue weighted by Crippen LogP contribution is -2.32. The second-order valence-electron chi connectivity index (χ2n) is 5.47. The average Bonchev–Trinajstić information content (AvgIpc) is 2.61. The van der Waals surface area contributed by atoms with E-state index in [0.29, 0.717) is 12.3 Å². The lowest BCUT2D eigenvalue weighted by atomic mass is 10.1. The fourth-order valence-electron chi connectivity index (χ4n) is 2.14. The second-order valence-corrected chi connectivity index (χ2v) is 6.80. The number of carbonyl (C=O) groups excluding carboxylic acids is 1. The molecule has 24 heavy (non-hydrogen) atoms. The lowest BCUT2D eigenvalue weighted by molar-refractivity contribution is -0.120. The van der Waals surface area contributed by atoms with E-state index in [0.717, 1.165) is 23.3 Å². The fraction of sp³-hybridized carbons (Fsp3) is 0.316. The summed E-state index contributed by atoms with van der Waals surface area (Å²) in [6, 6.07) is 14.2. The van der Waals surface area contributed by atoms with Crippen LogP contribution in [0.3, 0.4) is 0 Å². The Morgan fingerprint density at radius 1 is 1.12 bits per heavy atom.